The monoisotopic (exact) mass is 452 g/mol. The molecule has 0 saturated carbocycles. The molecule has 3 aromatic carbocycles. The molecule has 3 aromatic rings. The molecule has 0 unspecified atom stereocenters. The molecule has 0 aromatic heterocycles. The van der Waals surface area contributed by atoms with E-state index in [1.165, 1.54) is 11.6 Å². The predicted octanol–water partition coefficient (Wildman–Crippen LogP) is 6.08. The smallest absolute Gasteiger partial charge is 0.137 e. The number of phenolic OH excluding ortho intramolecular Hbond substituents is 1. The van der Waals surface area contributed by atoms with E-state index in [0.29, 0.717) is 10.9 Å². The molecule has 1 aliphatic rings. The molecule has 0 saturated heterocycles. The second kappa shape index (κ2) is 8.47. The number of para-hydroxylation sites is 1. The molecule has 0 radical (unpaired) electrons. The van der Waals surface area contributed by atoms with Crippen molar-refractivity contribution in [3.8, 4) is 5.75 Å². The van der Waals surface area contributed by atoms with Crippen LogP contribution in [0.5, 0.6) is 5.75 Å². The maximum Gasteiger partial charge on any atom is 0.137 e. The van der Waals surface area contributed by atoms with E-state index >= 15 is 0 Å². The molecule has 2 atom stereocenters. The molecule has 4 rings (SSSR count). The largest absolute Gasteiger partial charge is 0.508 e. The van der Waals surface area contributed by atoms with Crippen LogP contribution in [0.3, 0.4) is 0 Å². The van der Waals surface area contributed by atoms with Crippen molar-refractivity contribution in [1.82, 2.24) is 5.32 Å². The summed E-state index contributed by atoms with van der Waals surface area (Å²) in [6.07, 6.45) is 1.30. The second-order valence-corrected chi connectivity index (χ2v) is 8.04. The van der Waals surface area contributed by atoms with Gasteiger partial charge in [-0.1, -0.05) is 55.5 Å². The third-order valence-corrected chi connectivity index (χ3v) is 5.92. The van der Waals surface area contributed by atoms with Crippen LogP contribution in [-0.4, -0.2) is 10.8 Å². The fraction of sp³-hybridized carbons (Fsp3) is 0.208. The number of aryl methyl sites for hydroxylation is 1. The average Bonchev–Trinajstić information content (AvgIpc) is 2.75. The van der Waals surface area contributed by atoms with E-state index in [-0.39, 0.29) is 23.8 Å². The van der Waals surface area contributed by atoms with Gasteiger partial charge < -0.3 is 5.11 Å². The molecule has 0 fully saturated rings. The first kappa shape index (κ1) is 19.8. The van der Waals surface area contributed by atoms with Crippen molar-refractivity contribution in [2.75, 3.05) is 0 Å². The van der Waals surface area contributed by atoms with E-state index in [2.05, 4.69) is 52.4 Å². The Balaban J connectivity index is 1.75. The van der Waals surface area contributed by atoms with Gasteiger partial charge in [-0.3, -0.25) is 10.3 Å². The minimum atomic E-state index is -0.342. The molecule has 2 N–H and O–H groups in total. The summed E-state index contributed by atoms with van der Waals surface area (Å²) in [4.78, 5) is 4.93. The molecule has 5 heteroatoms. The Morgan fingerprint density at radius 3 is 2.55 bits per heavy atom. The Bertz CT molecular complexity index is 1050. The van der Waals surface area contributed by atoms with Gasteiger partial charge in [-0.15, -0.1) is 0 Å². The molecule has 0 amide bonds. The molecule has 29 heavy (non-hydrogen) atoms. The lowest BCUT2D eigenvalue weighted by Crippen LogP contribution is -2.33. The number of nitrogens with one attached hydrogen (secondary N) is 1. The maximum absolute atomic E-state index is 13.7. The van der Waals surface area contributed by atoms with Crippen LogP contribution in [0.2, 0.25) is 0 Å². The Kier molecular flexibility index (Phi) is 5.79. The van der Waals surface area contributed by atoms with Crippen molar-refractivity contribution in [2.24, 2.45) is 4.99 Å². The van der Waals surface area contributed by atoms with E-state index in [0.717, 1.165) is 28.8 Å². The fourth-order valence-corrected chi connectivity index (χ4v) is 4.05. The first-order valence-corrected chi connectivity index (χ1v) is 10.5. The SMILES string of the molecule is CCc1ccc(C2=N[C@H](c3ccc(F)c(Br)c3)N[C@@H](c3ccccc3O)C2)cc1. The van der Waals surface area contributed by atoms with Crippen molar-refractivity contribution >= 4 is 21.6 Å². The number of rotatable bonds is 4. The van der Waals surface area contributed by atoms with E-state index in [1.807, 2.05) is 18.2 Å². The summed E-state index contributed by atoms with van der Waals surface area (Å²) in [5.74, 6) is -0.0483. The van der Waals surface area contributed by atoms with E-state index < -0.39 is 0 Å². The van der Waals surface area contributed by atoms with Gasteiger partial charge in [-0.2, -0.15) is 0 Å². The van der Waals surface area contributed by atoms with Gasteiger partial charge in [0.1, 0.15) is 17.7 Å². The first-order valence-electron chi connectivity index (χ1n) is 9.70. The van der Waals surface area contributed by atoms with E-state index in [9.17, 15) is 9.50 Å². The molecular weight excluding hydrogens is 431 g/mol. The van der Waals surface area contributed by atoms with Crippen molar-refractivity contribution in [2.45, 2.75) is 32.0 Å². The van der Waals surface area contributed by atoms with Gasteiger partial charge in [-0.05, 0) is 57.2 Å². The van der Waals surface area contributed by atoms with E-state index in [4.69, 9.17) is 4.99 Å². The molecular formula is C24H22BrFN2O. The third kappa shape index (κ3) is 4.26. The molecule has 0 aliphatic carbocycles. The van der Waals surface area contributed by atoms with Gasteiger partial charge in [0.05, 0.1) is 4.47 Å². The van der Waals surface area contributed by atoms with Crippen LogP contribution < -0.4 is 5.32 Å². The topological polar surface area (TPSA) is 44.6 Å². The lowest BCUT2D eigenvalue weighted by Gasteiger charge is -2.31. The molecule has 3 nitrogen and oxygen atoms in total. The number of hydrogen-bond acceptors (Lipinski definition) is 3. The lowest BCUT2D eigenvalue weighted by molar-refractivity contribution is 0.412. The van der Waals surface area contributed by atoms with Crippen LogP contribution >= 0.6 is 15.9 Å². The zero-order valence-corrected chi connectivity index (χ0v) is 17.7. The van der Waals surface area contributed by atoms with Crippen LogP contribution in [0.1, 0.15) is 47.8 Å². The lowest BCUT2D eigenvalue weighted by atomic mass is 9.93. The number of halogens is 2. The number of aliphatic imine (C=N–C) groups is 1. The molecule has 1 heterocycles. The number of benzene rings is 3. The average molecular weight is 453 g/mol. The summed E-state index contributed by atoms with van der Waals surface area (Å²) in [6, 6.07) is 20.6. The van der Waals surface area contributed by atoms with Gasteiger partial charge in [-0.25, -0.2) is 4.39 Å². The summed E-state index contributed by atoms with van der Waals surface area (Å²) >= 11 is 3.27. The number of hydrogen-bond donors (Lipinski definition) is 2. The van der Waals surface area contributed by atoms with Crippen molar-refractivity contribution in [3.63, 3.8) is 0 Å². The summed E-state index contributed by atoms with van der Waals surface area (Å²) in [5, 5.41) is 13.9. The van der Waals surface area contributed by atoms with Crippen LogP contribution in [0.15, 0.2) is 76.2 Å². The molecule has 1 aliphatic heterocycles. The highest BCUT2D eigenvalue weighted by Gasteiger charge is 2.27. The Morgan fingerprint density at radius 2 is 1.86 bits per heavy atom. The Morgan fingerprint density at radius 1 is 1.10 bits per heavy atom. The van der Waals surface area contributed by atoms with Crippen molar-refractivity contribution in [1.29, 1.82) is 0 Å². The van der Waals surface area contributed by atoms with Gasteiger partial charge in [0.2, 0.25) is 0 Å². The molecule has 0 spiro atoms. The molecule has 148 valence electrons. The summed E-state index contributed by atoms with van der Waals surface area (Å²) in [7, 11) is 0. The van der Waals surface area contributed by atoms with Gasteiger partial charge in [0.25, 0.3) is 0 Å². The normalized spacial score (nSPS) is 19.1. The highest BCUT2D eigenvalue weighted by atomic mass is 79.9. The fourth-order valence-electron chi connectivity index (χ4n) is 3.65. The number of phenols is 1. The van der Waals surface area contributed by atoms with Crippen LogP contribution in [0, 0.1) is 5.82 Å². The quantitative estimate of drug-likeness (QED) is 0.503. The predicted molar refractivity (Wildman–Crippen MR) is 118 cm³/mol. The van der Waals surface area contributed by atoms with Crippen LogP contribution in [0.4, 0.5) is 4.39 Å². The summed E-state index contributed by atoms with van der Waals surface area (Å²) in [5.41, 5.74) is 5.00. The van der Waals surface area contributed by atoms with Gasteiger partial charge in [0, 0.05) is 23.7 Å². The standard InChI is InChI=1S/C24H22BrFN2O/c1-2-15-7-9-16(10-8-15)21-14-22(18-5-3-4-6-23(18)29)28-24(27-21)17-11-12-20(26)19(25)13-17/h3-13,22,24,28-29H,2,14H2,1H3/t22-,24+/m1/s1. The van der Waals surface area contributed by atoms with Crippen LogP contribution in [0.25, 0.3) is 0 Å². The highest BCUT2D eigenvalue weighted by Crippen LogP contribution is 2.35. The Hall–Kier alpha value is -2.50. The number of aromatic hydroxyl groups is 1. The van der Waals surface area contributed by atoms with Crippen molar-refractivity contribution < 1.29 is 9.50 Å². The zero-order valence-electron chi connectivity index (χ0n) is 16.1. The van der Waals surface area contributed by atoms with Gasteiger partial charge >= 0.3 is 0 Å². The summed E-state index contributed by atoms with van der Waals surface area (Å²) < 4.78 is 14.1. The van der Waals surface area contributed by atoms with Gasteiger partial charge in [0.15, 0.2) is 0 Å². The minimum Gasteiger partial charge on any atom is -0.508 e. The number of nitrogens with zero attached hydrogens (tertiary/aromatic N) is 1. The van der Waals surface area contributed by atoms with Crippen molar-refractivity contribution in [3.05, 3.63) is 99.3 Å². The second-order valence-electron chi connectivity index (χ2n) is 7.18. The minimum absolute atomic E-state index is 0.108. The highest BCUT2D eigenvalue weighted by molar-refractivity contribution is 9.10. The molecule has 0 bridgehead atoms. The maximum atomic E-state index is 13.7. The Labute approximate surface area is 178 Å². The third-order valence-electron chi connectivity index (χ3n) is 5.31. The van der Waals surface area contributed by atoms with E-state index in [1.54, 1.807) is 18.2 Å². The van der Waals surface area contributed by atoms with Crippen LogP contribution in [-0.2, 0) is 6.42 Å². The summed E-state index contributed by atoms with van der Waals surface area (Å²) in [6.45, 7) is 2.13. The first-order chi connectivity index (χ1) is 14.0. The zero-order chi connectivity index (χ0) is 20.4.